The lowest BCUT2D eigenvalue weighted by atomic mass is 10.3. The van der Waals surface area contributed by atoms with Crippen molar-refractivity contribution < 1.29 is 9.00 Å². The van der Waals surface area contributed by atoms with Gasteiger partial charge in [-0.05, 0) is 31.5 Å². The molecule has 0 aliphatic rings. The molecule has 0 spiro atoms. The van der Waals surface area contributed by atoms with Crippen molar-refractivity contribution in [3.63, 3.8) is 0 Å². The number of amides is 1. The van der Waals surface area contributed by atoms with Crippen LogP contribution >= 0.6 is 11.6 Å². The van der Waals surface area contributed by atoms with Gasteiger partial charge >= 0.3 is 0 Å². The summed E-state index contributed by atoms with van der Waals surface area (Å²) in [5.41, 5.74) is 6.08. The maximum absolute atomic E-state index is 12.0. The molecular weight excluding hydrogens is 272 g/mol. The van der Waals surface area contributed by atoms with E-state index in [1.807, 2.05) is 13.8 Å². The zero-order valence-electron chi connectivity index (χ0n) is 10.4. The van der Waals surface area contributed by atoms with E-state index in [0.717, 1.165) is 6.42 Å². The van der Waals surface area contributed by atoms with Crippen LogP contribution in [0.15, 0.2) is 23.1 Å². The Hall–Kier alpha value is -1.07. The quantitative estimate of drug-likeness (QED) is 0.814. The summed E-state index contributed by atoms with van der Waals surface area (Å²) >= 11 is 5.93. The van der Waals surface area contributed by atoms with Crippen LogP contribution in [0.4, 0.5) is 5.69 Å². The summed E-state index contributed by atoms with van der Waals surface area (Å²) in [6.07, 6.45) is 0.831. The highest BCUT2D eigenvalue weighted by Crippen LogP contribution is 2.22. The summed E-state index contributed by atoms with van der Waals surface area (Å²) in [4.78, 5) is 12.0. The van der Waals surface area contributed by atoms with Crippen molar-refractivity contribution in [3.8, 4) is 0 Å². The van der Waals surface area contributed by atoms with Gasteiger partial charge in [0.1, 0.15) is 5.75 Å². The molecule has 1 rings (SSSR count). The zero-order chi connectivity index (χ0) is 13.7. The minimum atomic E-state index is -1.48. The van der Waals surface area contributed by atoms with Crippen LogP contribution in [0.2, 0.25) is 5.02 Å². The average molecular weight is 289 g/mol. The molecule has 6 heteroatoms. The van der Waals surface area contributed by atoms with E-state index in [0.29, 0.717) is 15.6 Å². The van der Waals surface area contributed by atoms with Gasteiger partial charge in [0.15, 0.2) is 0 Å². The molecule has 2 unspecified atom stereocenters. The molecule has 3 N–H and O–H groups in total. The maximum Gasteiger partial charge on any atom is 0.233 e. The third-order valence-electron chi connectivity index (χ3n) is 2.48. The molecule has 1 amide bonds. The predicted octanol–water partition coefficient (Wildman–Crippen LogP) is 1.94. The van der Waals surface area contributed by atoms with Crippen molar-refractivity contribution >= 4 is 34.0 Å². The molecule has 0 bridgehead atoms. The number of anilines is 1. The Labute approximate surface area is 114 Å². The number of benzene rings is 1. The standard InChI is InChI=1S/C12H17ClN2O2S/c1-3-8(2)15-12(16)7-18(17)11-6-9(14)4-5-10(11)13/h4-6,8H,3,7,14H2,1-2H3,(H,15,16). The van der Waals surface area contributed by atoms with Crippen molar-refractivity contribution in [2.45, 2.75) is 31.2 Å². The van der Waals surface area contributed by atoms with Crippen LogP contribution in [0.1, 0.15) is 20.3 Å². The Bertz CT molecular complexity index is 465. The first-order valence-electron chi connectivity index (χ1n) is 5.66. The molecule has 18 heavy (non-hydrogen) atoms. The van der Waals surface area contributed by atoms with Gasteiger partial charge in [0.05, 0.1) is 20.7 Å². The number of carbonyl (C=O) groups excluding carboxylic acids is 1. The first-order chi connectivity index (χ1) is 8.43. The van der Waals surface area contributed by atoms with Crippen molar-refractivity contribution in [3.05, 3.63) is 23.2 Å². The summed E-state index contributed by atoms with van der Waals surface area (Å²) in [5, 5.41) is 3.12. The summed E-state index contributed by atoms with van der Waals surface area (Å²) in [6, 6.07) is 4.82. The number of carbonyl (C=O) groups is 1. The highest BCUT2D eigenvalue weighted by molar-refractivity contribution is 7.85. The highest BCUT2D eigenvalue weighted by atomic mass is 35.5. The summed E-state index contributed by atoms with van der Waals surface area (Å²) in [5.74, 6) is -0.353. The normalized spacial score (nSPS) is 13.9. The fourth-order valence-corrected chi connectivity index (χ4v) is 2.72. The number of halogens is 1. The first-order valence-corrected chi connectivity index (χ1v) is 7.36. The van der Waals surface area contributed by atoms with E-state index in [9.17, 15) is 9.00 Å². The maximum atomic E-state index is 12.0. The molecule has 1 aromatic rings. The second kappa shape index (κ2) is 6.75. The van der Waals surface area contributed by atoms with Gasteiger partial charge < -0.3 is 11.1 Å². The van der Waals surface area contributed by atoms with Crippen LogP contribution in [-0.4, -0.2) is 21.9 Å². The Morgan fingerprint density at radius 1 is 1.56 bits per heavy atom. The Balaban J connectivity index is 2.71. The van der Waals surface area contributed by atoms with Gasteiger partial charge in [-0.2, -0.15) is 0 Å². The van der Waals surface area contributed by atoms with Gasteiger partial charge in [0.25, 0.3) is 0 Å². The van der Waals surface area contributed by atoms with E-state index in [1.54, 1.807) is 12.1 Å². The van der Waals surface area contributed by atoms with Gasteiger partial charge in [-0.3, -0.25) is 9.00 Å². The number of nitrogen functional groups attached to an aromatic ring is 1. The van der Waals surface area contributed by atoms with Crippen LogP contribution in [-0.2, 0) is 15.6 Å². The van der Waals surface area contributed by atoms with Gasteiger partial charge in [-0.25, -0.2) is 0 Å². The highest BCUT2D eigenvalue weighted by Gasteiger charge is 2.14. The van der Waals surface area contributed by atoms with Gasteiger partial charge in [0, 0.05) is 11.7 Å². The molecule has 0 saturated heterocycles. The lowest BCUT2D eigenvalue weighted by molar-refractivity contribution is -0.119. The van der Waals surface area contributed by atoms with Crippen LogP contribution in [0, 0.1) is 0 Å². The third kappa shape index (κ3) is 4.31. The molecule has 2 atom stereocenters. The molecule has 100 valence electrons. The number of hydrogen-bond acceptors (Lipinski definition) is 3. The minimum Gasteiger partial charge on any atom is -0.399 e. The van der Waals surface area contributed by atoms with Crippen molar-refractivity contribution in [2.75, 3.05) is 11.5 Å². The minimum absolute atomic E-state index is 0.0748. The smallest absolute Gasteiger partial charge is 0.233 e. The molecule has 0 aromatic heterocycles. The molecule has 0 radical (unpaired) electrons. The van der Waals surface area contributed by atoms with E-state index < -0.39 is 10.8 Å². The van der Waals surface area contributed by atoms with Crippen LogP contribution < -0.4 is 11.1 Å². The van der Waals surface area contributed by atoms with E-state index >= 15 is 0 Å². The van der Waals surface area contributed by atoms with Gasteiger partial charge in [0.2, 0.25) is 5.91 Å². The molecule has 4 nitrogen and oxygen atoms in total. The van der Waals surface area contributed by atoms with Gasteiger partial charge in [-0.15, -0.1) is 0 Å². The monoisotopic (exact) mass is 288 g/mol. The summed E-state index contributed by atoms with van der Waals surface area (Å²) < 4.78 is 12.0. The Morgan fingerprint density at radius 3 is 2.83 bits per heavy atom. The molecular formula is C12H17ClN2O2S. The summed E-state index contributed by atoms with van der Waals surface area (Å²) in [6.45, 7) is 3.87. The van der Waals surface area contributed by atoms with E-state index in [-0.39, 0.29) is 17.7 Å². The number of rotatable bonds is 5. The molecule has 1 aromatic carbocycles. The lowest BCUT2D eigenvalue weighted by Gasteiger charge is -2.11. The molecule has 0 aliphatic carbocycles. The van der Waals surface area contributed by atoms with E-state index in [4.69, 9.17) is 17.3 Å². The Morgan fingerprint density at radius 2 is 2.22 bits per heavy atom. The predicted molar refractivity (Wildman–Crippen MR) is 75.0 cm³/mol. The third-order valence-corrected chi connectivity index (χ3v) is 4.28. The van der Waals surface area contributed by atoms with E-state index in [2.05, 4.69) is 5.32 Å². The van der Waals surface area contributed by atoms with Crippen molar-refractivity contribution in [2.24, 2.45) is 0 Å². The number of hydrogen-bond donors (Lipinski definition) is 2. The molecule has 0 saturated carbocycles. The molecule has 0 heterocycles. The van der Waals surface area contributed by atoms with Crippen molar-refractivity contribution in [1.29, 1.82) is 0 Å². The van der Waals surface area contributed by atoms with Crippen LogP contribution in [0.3, 0.4) is 0 Å². The fourth-order valence-electron chi connectivity index (χ4n) is 1.31. The lowest BCUT2D eigenvalue weighted by Crippen LogP contribution is -2.35. The van der Waals surface area contributed by atoms with Crippen LogP contribution in [0.5, 0.6) is 0 Å². The Kier molecular flexibility index (Phi) is 5.62. The van der Waals surface area contributed by atoms with Crippen molar-refractivity contribution in [1.82, 2.24) is 5.32 Å². The molecule has 0 fully saturated rings. The van der Waals surface area contributed by atoms with Crippen LogP contribution in [0.25, 0.3) is 0 Å². The molecule has 0 aliphatic heterocycles. The first kappa shape index (κ1) is 15.0. The number of nitrogens with one attached hydrogen (secondary N) is 1. The largest absolute Gasteiger partial charge is 0.399 e. The average Bonchev–Trinajstić information content (AvgIpc) is 2.31. The second-order valence-electron chi connectivity index (χ2n) is 4.06. The number of nitrogens with two attached hydrogens (primary N) is 1. The summed E-state index contributed by atoms with van der Waals surface area (Å²) in [7, 11) is -1.48. The topological polar surface area (TPSA) is 72.2 Å². The van der Waals surface area contributed by atoms with E-state index in [1.165, 1.54) is 6.07 Å². The second-order valence-corrected chi connectivity index (χ2v) is 5.88. The van der Waals surface area contributed by atoms with Gasteiger partial charge in [-0.1, -0.05) is 18.5 Å². The SMILES string of the molecule is CCC(C)NC(=O)CS(=O)c1cc(N)ccc1Cl. The zero-order valence-corrected chi connectivity index (χ0v) is 12.0. The fraction of sp³-hybridized carbons (Fsp3) is 0.417.